The third kappa shape index (κ3) is 1.94. The molecule has 0 bridgehead atoms. The van der Waals surface area contributed by atoms with Crippen molar-refractivity contribution in [1.29, 1.82) is 0 Å². The molecule has 0 radical (unpaired) electrons. The maximum absolute atomic E-state index is 4.30. The molecule has 1 aromatic heterocycles. The second-order valence-electron chi connectivity index (χ2n) is 4.72. The third-order valence-corrected chi connectivity index (χ3v) is 4.20. The van der Waals surface area contributed by atoms with E-state index in [0.29, 0.717) is 0 Å². The van der Waals surface area contributed by atoms with E-state index in [1.165, 1.54) is 37.1 Å². The van der Waals surface area contributed by atoms with Gasteiger partial charge in [0.2, 0.25) is 0 Å². The van der Waals surface area contributed by atoms with Crippen LogP contribution in [0, 0.1) is 11.8 Å². The summed E-state index contributed by atoms with van der Waals surface area (Å²) in [5, 5.41) is 3.49. The van der Waals surface area contributed by atoms with Crippen LogP contribution in [0.3, 0.4) is 0 Å². The monoisotopic (exact) mass is 278 g/mol. The summed E-state index contributed by atoms with van der Waals surface area (Å²) in [6, 6.07) is 4.18. The fourth-order valence-electron chi connectivity index (χ4n) is 2.76. The fraction of sp³-hybridized carbons (Fsp3) is 0.462. The molecule has 2 aliphatic rings. The Hall–Kier alpha value is -0.670. The molecule has 0 spiro atoms. The fourth-order valence-corrected chi connectivity index (χ4v) is 3.00. The summed E-state index contributed by atoms with van der Waals surface area (Å²) < 4.78 is 0.910. The zero-order chi connectivity index (χ0) is 11.0. The average molecular weight is 279 g/mol. The van der Waals surface area contributed by atoms with Gasteiger partial charge in [-0.3, -0.25) is 0 Å². The highest BCUT2D eigenvalue weighted by Crippen LogP contribution is 2.36. The van der Waals surface area contributed by atoms with Crippen molar-refractivity contribution in [3.8, 4) is 0 Å². The Kier molecular flexibility index (Phi) is 2.82. The summed E-state index contributed by atoms with van der Waals surface area (Å²) in [4.78, 5) is 4.30. The zero-order valence-corrected chi connectivity index (χ0v) is 10.7. The van der Waals surface area contributed by atoms with Crippen LogP contribution >= 0.6 is 15.9 Å². The molecule has 84 valence electrons. The minimum atomic E-state index is 0.837. The molecule has 1 saturated heterocycles. The molecule has 2 atom stereocenters. The molecule has 2 heterocycles. The molecule has 16 heavy (non-hydrogen) atoms. The number of aromatic nitrogens is 1. The Bertz CT molecular complexity index is 410. The van der Waals surface area contributed by atoms with Crippen molar-refractivity contribution >= 4 is 21.5 Å². The van der Waals surface area contributed by atoms with Gasteiger partial charge in [-0.15, -0.1) is 0 Å². The highest BCUT2D eigenvalue weighted by Gasteiger charge is 2.30. The highest BCUT2D eigenvalue weighted by molar-refractivity contribution is 9.10. The summed E-state index contributed by atoms with van der Waals surface area (Å²) in [5.74, 6) is 1.70. The lowest BCUT2D eigenvalue weighted by Crippen LogP contribution is -2.16. The third-order valence-electron chi connectivity index (χ3n) is 3.73. The van der Waals surface area contributed by atoms with Crippen molar-refractivity contribution in [1.82, 2.24) is 10.3 Å². The van der Waals surface area contributed by atoms with Crippen molar-refractivity contribution < 1.29 is 0 Å². The Labute approximate surface area is 104 Å². The molecule has 1 aromatic rings. The van der Waals surface area contributed by atoms with Gasteiger partial charge in [0.15, 0.2) is 0 Å². The van der Waals surface area contributed by atoms with Crippen LogP contribution in [0.4, 0.5) is 0 Å². The Morgan fingerprint density at radius 3 is 2.94 bits per heavy atom. The number of nitrogens with zero attached hydrogens (tertiary/aromatic N) is 1. The molecule has 1 N–H and O–H groups in total. The van der Waals surface area contributed by atoms with E-state index in [1.807, 2.05) is 12.3 Å². The molecule has 1 aliphatic heterocycles. The standard InChI is InChI=1S/C13H15BrN2/c14-13-4-3-11(8-16-13)9-1-2-10-6-15-7-12(10)5-9/h1,3-4,8,10,12,15H,2,5-7H2/t10-,12+/m1/s1. The number of rotatable bonds is 1. The lowest BCUT2D eigenvalue weighted by Gasteiger charge is -2.24. The minimum Gasteiger partial charge on any atom is -0.316 e. The predicted molar refractivity (Wildman–Crippen MR) is 69.0 cm³/mol. The van der Waals surface area contributed by atoms with E-state index in [2.05, 4.69) is 38.4 Å². The first-order valence-corrected chi connectivity index (χ1v) is 6.64. The largest absolute Gasteiger partial charge is 0.316 e. The second-order valence-corrected chi connectivity index (χ2v) is 5.53. The van der Waals surface area contributed by atoms with Crippen molar-refractivity contribution in [2.24, 2.45) is 11.8 Å². The van der Waals surface area contributed by atoms with E-state index >= 15 is 0 Å². The van der Waals surface area contributed by atoms with Gasteiger partial charge in [0.1, 0.15) is 4.60 Å². The van der Waals surface area contributed by atoms with Crippen LogP contribution in [-0.2, 0) is 0 Å². The first-order valence-electron chi connectivity index (χ1n) is 5.84. The van der Waals surface area contributed by atoms with Crippen molar-refractivity contribution in [2.45, 2.75) is 12.8 Å². The Balaban J connectivity index is 1.83. The quantitative estimate of drug-likeness (QED) is 0.800. The lowest BCUT2D eigenvalue weighted by atomic mass is 9.80. The molecule has 3 heteroatoms. The molecule has 2 nitrogen and oxygen atoms in total. The number of pyridine rings is 1. The van der Waals surface area contributed by atoms with E-state index in [-0.39, 0.29) is 0 Å². The van der Waals surface area contributed by atoms with E-state index < -0.39 is 0 Å². The molecule has 1 fully saturated rings. The molecule has 1 aliphatic carbocycles. The van der Waals surface area contributed by atoms with Crippen LogP contribution in [0.1, 0.15) is 18.4 Å². The smallest absolute Gasteiger partial charge is 0.106 e. The molecule has 0 unspecified atom stereocenters. The normalized spacial score (nSPS) is 28.7. The topological polar surface area (TPSA) is 24.9 Å². The number of hydrogen-bond donors (Lipinski definition) is 1. The molecule has 3 rings (SSSR count). The van der Waals surface area contributed by atoms with Gasteiger partial charge in [0, 0.05) is 6.20 Å². The van der Waals surface area contributed by atoms with Crippen LogP contribution in [0.2, 0.25) is 0 Å². The SMILES string of the molecule is Brc1ccc(C2=CC[C@@H]3CNC[C@@H]3C2)cn1. The summed E-state index contributed by atoms with van der Waals surface area (Å²) in [6.45, 7) is 2.39. The van der Waals surface area contributed by atoms with Gasteiger partial charge in [0.25, 0.3) is 0 Å². The van der Waals surface area contributed by atoms with Gasteiger partial charge in [-0.05, 0) is 70.9 Å². The van der Waals surface area contributed by atoms with Gasteiger partial charge < -0.3 is 5.32 Å². The van der Waals surface area contributed by atoms with Crippen LogP contribution in [0.25, 0.3) is 5.57 Å². The van der Waals surface area contributed by atoms with Crippen LogP contribution in [-0.4, -0.2) is 18.1 Å². The van der Waals surface area contributed by atoms with Crippen LogP contribution in [0.15, 0.2) is 29.0 Å². The van der Waals surface area contributed by atoms with E-state index in [1.54, 1.807) is 0 Å². The maximum atomic E-state index is 4.30. The van der Waals surface area contributed by atoms with Gasteiger partial charge >= 0.3 is 0 Å². The highest BCUT2D eigenvalue weighted by atomic mass is 79.9. The van der Waals surface area contributed by atoms with E-state index in [0.717, 1.165) is 16.4 Å². The van der Waals surface area contributed by atoms with Crippen molar-refractivity contribution in [3.63, 3.8) is 0 Å². The Morgan fingerprint density at radius 1 is 1.25 bits per heavy atom. The van der Waals surface area contributed by atoms with Crippen LogP contribution < -0.4 is 5.32 Å². The summed E-state index contributed by atoms with van der Waals surface area (Å²) in [7, 11) is 0. The Morgan fingerprint density at radius 2 is 2.12 bits per heavy atom. The lowest BCUT2D eigenvalue weighted by molar-refractivity contribution is 0.418. The van der Waals surface area contributed by atoms with Crippen molar-refractivity contribution in [2.75, 3.05) is 13.1 Å². The number of halogens is 1. The van der Waals surface area contributed by atoms with Gasteiger partial charge in [-0.2, -0.15) is 0 Å². The minimum absolute atomic E-state index is 0.837. The molecule has 0 aromatic carbocycles. The van der Waals surface area contributed by atoms with E-state index in [4.69, 9.17) is 0 Å². The summed E-state index contributed by atoms with van der Waals surface area (Å²) in [5.41, 5.74) is 2.76. The van der Waals surface area contributed by atoms with E-state index in [9.17, 15) is 0 Å². The number of fused-ring (bicyclic) bond motifs is 1. The van der Waals surface area contributed by atoms with Crippen molar-refractivity contribution in [3.05, 3.63) is 34.6 Å². The number of nitrogens with one attached hydrogen (secondary N) is 1. The molecule has 0 saturated carbocycles. The number of allylic oxidation sites excluding steroid dienone is 2. The first kappa shape index (κ1) is 10.5. The molecular formula is C13H15BrN2. The summed E-state index contributed by atoms with van der Waals surface area (Å²) >= 11 is 3.37. The van der Waals surface area contributed by atoms with Gasteiger partial charge in [-0.1, -0.05) is 12.1 Å². The average Bonchev–Trinajstić information content (AvgIpc) is 2.77. The number of hydrogen-bond acceptors (Lipinski definition) is 2. The van der Waals surface area contributed by atoms with Crippen LogP contribution in [0.5, 0.6) is 0 Å². The molecular weight excluding hydrogens is 264 g/mol. The predicted octanol–water partition coefficient (Wildman–Crippen LogP) is 2.86. The van der Waals surface area contributed by atoms with Gasteiger partial charge in [0.05, 0.1) is 0 Å². The first-order chi connectivity index (χ1) is 7.83. The van der Waals surface area contributed by atoms with Gasteiger partial charge in [-0.25, -0.2) is 4.98 Å². The molecule has 0 amide bonds. The second kappa shape index (κ2) is 4.30. The zero-order valence-electron chi connectivity index (χ0n) is 9.12. The summed E-state index contributed by atoms with van der Waals surface area (Å²) in [6.07, 6.45) is 6.81. The maximum Gasteiger partial charge on any atom is 0.106 e.